The molecule has 0 unspecified atom stereocenters. The SMILES string of the molecule is O=C(O)[C@H](Cc1ccccc1)Oc1ccc(-c2ccc(-c3c(Cc4ccccc4)oc4cccnc34)cc2)cc1. The molecule has 0 aliphatic carbocycles. The number of pyridine rings is 1. The molecule has 2 aromatic heterocycles. The molecule has 0 radical (unpaired) electrons. The summed E-state index contributed by atoms with van der Waals surface area (Å²) in [6, 6.07) is 39.5. The average Bonchev–Trinajstić information content (AvgIpc) is 3.36. The lowest BCUT2D eigenvalue weighted by molar-refractivity contribution is -0.145. The summed E-state index contributed by atoms with van der Waals surface area (Å²) in [7, 11) is 0. The molecule has 4 aromatic carbocycles. The zero-order chi connectivity index (χ0) is 27.3. The van der Waals surface area contributed by atoms with Gasteiger partial charge in [0.05, 0.1) is 0 Å². The van der Waals surface area contributed by atoms with Gasteiger partial charge in [-0.3, -0.25) is 4.98 Å². The first-order valence-electron chi connectivity index (χ1n) is 13.2. The van der Waals surface area contributed by atoms with Crippen molar-refractivity contribution in [2.24, 2.45) is 0 Å². The van der Waals surface area contributed by atoms with E-state index < -0.39 is 12.1 Å². The third kappa shape index (κ3) is 5.49. The highest BCUT2D eigenvalue weighted by Gasteiger charge is 2.20. The average molecular weight is 526 g/mol. The van der Waals surface area contributed by atoms with Crippen molar-refractivity contribution in [3.63, 3.8) is 0 Å². The summed E-state index contributed by atoms with van der Waals surface area (Å²) in [5.41, 5.74) is 7.81. The van der Waals surface area contributed by atoms with Gasteiger partial charge in [-0.05, 0) is 52.1 Å². The van der Waals surface area contributed by atoms with Gasteiger partial charge >= 0.3 is 5.97 Å². The van der Waals surface area contributed by atoms with Gasteiger partial charge in [-0.1, -0.05) is 97.1 Å². The second-order valence-electron chi connectivity index (χ2n) is 9.65. The van der Waals surface area contributed by atoms with Crippen LogP contribution in [0.3, 0.4) is 0 Å². The third-order valence-electron chi connectivity index (χ3n) is 6.91. The number of rotatable bonds is 9. The molecule has 0 aliphatic rings. The molecule has 1 atom stereocenters. The molecule has 6 rings (SSSR count). The van der Waals surface area contributed by atoms with Crippen molar-refractivity contribution < 1.29 is 19.1 Å². The number of nitrogens with zero attached hydrogens (tertiary/aromatic N) is 1. The molecule has 0 aliphatic heterocycles. The van der Waals surface area contributed by atoms with Crippen LogP contribution >= 0.6 is 0 Å². The minimum absolute atomic E-state index is 0.295. The van der Waals surface area contributed by atoms with Gasteiger partial charge in [0.2, 0.25) is 0 Å². The van der Waals surface area contributed by atoms with Crippen LogP contribution in [0, 0.1) is 0 Å². The molecular formula is C35H27NO4. The van der Waals surface area contributed by atoms with Gasteiger partial charge < -0.3 is 14.3 Å². The van der Waals surface area contributed by atoms with Crippen LogP contribution in [0.5, 0.6) is 5.75 Å². The van der Waals surface area contributed by atoms with Crippen molar-refractivity contribution in [3.05, 3.63) is 144 Å². The standard InChI is InChI=1S/C35H27NO4/c37-35(38)32(23-25-10-5-2-6-11-25)39-29-19-17-27(18-20-29)26-13-15-28(16-14-26)33-31(22-24-8-3-1-4-9-24)40-30-12-7-21-36-34(30)33/h1-21,32H,22-23H2,(H,37,38)/t32-/m0/s1. The number of aliphatic carboxylic acids is 1. The Hall–Kier alpha value is -5.16. The lowest BCUT2D eigenvalue weighted by Gasteiger charge is -2.15. The monoisotopic (exact) mass is 525 g/mol. The minimum Gasteiger partial charge on any atom is -0.478 e. The molecule has 2 heterocycles. The quantitative estimate of drug-likeness (QED) is 0.208. The van der Waals surface area contributed by atoms with Crippen LogP contribution in [0.2, 0.25) is 0 Å². The predicted molar refractivity (Wildman–Crippen MR) is 156 cm³/mol. The molecule has 1 N–H and O–H groups in total. The maximum absolute atomic E-state index is 11.8. The van der Waals surface area contributed by atoms with E-state index in [0.29, 0.717) is 18.6 Å². The van der Waals surface area contributed by atoms with Crippen LogP contribution < -0.4 is 4.74 Å². The number of fused-ring (bicyclic) bond motifs is 1. The van der Waals surface area contributed by atoms with Crippen LogP contribution in [0.1, 0.15) is 16.9 Å². The highest BCUT2D eigenvalue weighted by atomic mass is 16.5. The smallest absolute Gasteiger partial charge is 0.345 e. The largest absolute Gasteiger partial charge is 0.478 e. The van der Waals surface area contributed by atoms with Crippen LogP contribution in [0.25, 0.3) is 33.4 Å². The van der Waals surface area contributed by atoms with Gasteiger partial charge in [-0.25, -0.2) is 4.79 Å². The number of aromatic nitrogens is 1. The number of benzene rings is 4. The van der Waals surface area contributed by atoms with E-state index in [1.165, 1.54) is 5.56 Å². The van der Waals surface area contributed by atoms with Gasteiger partial charge in [0.1, 0.15) is 17.0 Å². The highest BCUT2D eigenvalue weighted by Crippen LogP contribution is 2.36. The van der Waals surface area contributed by atoms with E-state index in [4.69, 9.17) is 9.15 Å². The molecule has 0 fully saturated rings. The van der Waals surface area contributed by atoms with Crippen molar-refractivity contribution in [3.8, 4) is 28.0 Å². The Morgan fingerprint density at radius 2 is 1.32 bits per heavy atom. The van der Waals surface area contributed by atoms with E-state index in [2.05, 4.69) is 41.4 Å². The number of carbonyl (C=O) groups is 1. The van der Waals surface area contributed by atoms with Crippen LogP contribution in [-0.4, -0.2) is 22.2 Å². The Bertz CT molecular complexity index is 1720. The number of hydrogen-bond donors (Lipinski definition) is 1. The Balaban J connectivity index is 1.23. The molecule has 0 bridgehead atoms. The number of ether oxygens (including phenoxy) is 1. The number of carboxylic acid groups (broad SMARTS) is 1. The molecule has 196 valence electrons. The van der Waals surface area contributed by atoms with E-state index >= 15 is 0 Å². The highest BCUT2D eigenvalue weighted by molar-refractivity contribution is 5.93. The fourth-order valence-corrected chi connectivity index (χ4v) is 4.91. The molecule has 5 heteroatoms. The van der Waals surface area contributed by atoms with Crippen molar-refractivity contribution in [2.75, 3.05) is 0 Å². The third-order valence-corrected chi connectivity index (χ3v) is 6.91. The van der Waals surface area contributed by atoms with Crippen molar-refractivity contribution >= 4 is 17.1 Å². The van der Waals surface area contributed by atoms with E-state index in [1.54, 1.807) is 6.20 Å². The normalized spacial score (nSPS) is 11.8. The molecule has 40 heavy (non-hydrogen) atoms. The summed E-state index contributed by atoms with van der Waals surface area (Å²) in [5, 5.41) is 9.66. The number of carboxylic acids is 1. The Labute approximate surface area is 232 Å². The predicted octanol–water partition coefficient (Wildman–Crippen LogP) is 7.83. The van der Waals surface area contributed by atoms with E-state index in [1.807, 2.05) is 84.9 Å². The molecule has 0 saturated carbocycles. The van der Waals surface area contributed by atoms with Crippen molar-refractivity contribution in [2.45, 2.75) is 18.9 Å². The topological polar surface area (TPSA) is 72.6 Å². The summed E-state index contributed by atoms with van der Waals surface area (Å²) >= 11 is 0. The van der Waals surface area contributed by atoms with E-state index in [-0.39, 0.29) is 0 Å². The Kier molecular flexibility index (Phi) is 7.10. The van der Waals surface area contributed by atoms with Gasteiger partial charge in [-0.2, -0.15) is 0 Å². The molecule has 0 saturated heterocycles. The second-order valence-corrected chi connectivity index (χ2v) is 9.65. The molecule has 0 spiro atoms. The van der Waals surface area contributed by atoms with Gasteiger partial charge in [-0.15, -0.1) is 0 Å². The van der Waals surface area contributed by atoms with E-state index in [0.717, 1.165) is 44.7 Å². The number of hydrogen-bond acceptors (Lipinski definition) is 4. The molecule has 6 aromatic rings. The van der Waals surface area contributed by atoms with Gasteiger partial charge in [0, 0.05) is 24.6 Å². The zero-order valence-electron chi connectivity index (χ0n) is 21.7. The number of furan rings is 1. The van der Waals surface area contributed by atoms with Gasteiger partial charge in [0.15, 0.2) is 11.7 Å². The van der Waals surface area contributed by atoms with Crippen molar-refractivity contribution in [1.82, 2.24) is 4.98 Å². The molecule has 5 nitrogen and oxygen atoms in total. The van der Waals surface area contributed by atoms with Crippen LogP contribution in [0.15, 0.2) is 132 Å². The molecular weight excluding hydrogens is 498 g/mol. The summed E-state index contributed by atoms with van der Waals surface area (Å²) in [6.45, 7) is 0. The van der Waals surface area contributed by atoms with Crippen molar-refractivity contribution in [1.29, 1.82) is 0 Å². The zero-order valence-corrected chi connectivity index (χ0v) is 21.7. The Morgan fingerprint density at radius 3 is 1.98 bits per heavy atom. The minimum atomic E-state index is -0.989. The first-order chi connectivity index (χ1) is 19.6. The first kappa shape index (κ1) is 25.1. The summed E-state index contributed by atoms with van der Waals surface area (Å²) < 4.78 is 12.1. The fraction of sp³-hybridized carbons (Fsp3) is 0.0857. The maximum Gasteiger partial charge on any atom is 0.345 e. The summed E-state index contributed by atoms with van der Waals surface area (Å²) in [6.07, 6.45) is 1.80. The van der Waals surface area contributed by atoms with Gasteiger partial charge in [0.25, 0.3) is 0 Å². The summed E-state index contributed by atoms with van der Waals surface area (Å²) in [5.74, 6) is 0.416. The maximum atomic E-state index is 11.8. The van der Waals surface area contributed by atoms with Crippen LogP contribution in [0.4, 0.5) is 0 Å². The molecule has 0 amide bonds. The second kappa shape index (κ2) is 11.3. The van der Waals surface area contributed by atoms with Crippen LogP contribution in [-0.2, 0) is 17.6 Å². The summed E-state index contributed by atoms with van der Waals surface area (Å²) in [4.78, 5) is 16.4. The lowest BCUT2D eigenvalue weighted by atomic mass is 9.98. The lowest BCUT2D eigenvalue weighted by Crippen LogP contribution is -2.29. The van der Waals surface area contributed by atoms with E-state index in [9.17, 15) is 9.90 Å². The Morgan fingerprint density at radius 1 is 0.725 bits per heavy atom. The fourth-order valence-electron chi connectivity index (χ4n) is 4.91. The first-order valence-corrected chi connectivity index (χ1v) is 13.2.